The maximum absolute atomic E-state index is 14.9. The highest BCUT2D eigenvalue weighted by molar-refractivity contribution is 5.76. The first-order valence-electron chi connectivity index (χ1n) is 11.5. The van der Waals surface area contributed by atoms with Gasteiger partial charge < -0.3 is 4.90 Å². The van der Waals surface area contributed by atoms with Gasteiger partial charge in [-0.15, -0.1) is 0 Å². The van der Waals surface area contributed by atoms with Crippen LogP contribution < -0.4 is 4.90 Å². The lowest BCUT2D eigenvalue weighted by Gasteiger charge is -2.40. The van der Waals surface area contributed by atoms with Crippen molar-refractivity contribution in [2.75, 3.05) is 18.0 Å². The molecule has 0 amide bonds. The second-order valence-electron chi connectivity index (χ2n) is 9.47. The topological polar surface area (TPSA) is 59.2 Å². The highest BCUT2D eigenvalue weighted by Crippen LogP contribution is 2.45. The van der Waals surface area contributed by atoms with Crippen molar-refractivity contribution in [3.05, 3.63) is 71.3 Å². The Bertz CT molecular complexity index is 1410. The van der Waals surface area contributed by atoms with E-state index in [2.05, 4.69) is 26.0 Å². The van der Waals surface area contributed by atoms with Crippen LogP contribution in [0.15, 0.2) is 42.9 Å². The van der Waals surface area contributed by atoms with Crippen LogP contribution in [0.3, 0.4) is 0 Å². The van der Waals surface area contributed by atoms with Crippen LogP contribution in [0.25, 0.3) is 16.8 Å². The molecule has 0 saturated carbocycles. The molecule has 0 unspecified atom stereocenters. The molecule has 6 nitrogen and oxygen atoms in total. The number of hydrogen-bond acceptors (Lipinski definition) is 5. The average Bonchev–Trinajstić information content (AvgIpc) is 3.44. The maximum Gasteiger partial charge on any atom is 0.436 e. The lowest BCUT2D eigenvalue weighted by molar-refractivity contribution is -0.143. The second-order valence-corrected chi connectivity index (χ2v) is 9.47. The Morgan fingerprint density at radius 1 is 0.971 bits per heavy atom. The van der Waals surface area contributed by atoms with Gasteiger partial charge in [-0.3, -0.25) is 4.98 Å². The molecule has 1 spiro atoms. The number of hydrogen-bond donors (Lipinski definition) is 0. The van der Waals surface area contributed by atoms with Gasteiger partial charge in [0.15, 0.2) is 17.3 Å². The van der Waals surface area contributed by atoms with Crippen LogP contribution >= 0.6 is 0 Å². The van der Waals surface area contributed by atoms with E-state index in [9.17, 15) is 17.6 Å². The van der Waals surface area contributed by atoms with Crippen LogP contribution in [0, 0.1) is 18.2 Å². The Hall–Kier alpha value is -3.56. The van der Waals surface area contributed by atoms with E-state index < -0.39 is 17.7 Å². The molecule has 35 heavy (non-hydrogen) atoms. The standard InChI is InChI=1S/C25H22F4N6/c1-15-21(17-4-9-31-22(20(17)26)25(27,28)29)35-19(5-10-32-35)23(33-15)34-11-6-24(7-12-34)13-16-3-2-8-30-18(16)14-24/h2-5,8-10H,6-7,11-14H2,1H3. The smallest absolute Gasteiger partial charge is 0.355 e. The fourth-order valence-corrected chi connectivity index (χ4v) is 5.60. The van der Waals surface area contributed by atoms with Crippen LogP contribution in [0.4, 0.5) is 23.4 Å². The van der Waals surface area contributed by atoms with Gasteiger partial charge in [0.05, 0.1) is 17.6 Å². The molecule has 0 radical (unpaired) electrons. The SMILES string of the molecule is Cc1nc(N2CCC3(CC2)Cc2cccnc2C3)c2ccnn2c1-c1ccnc(C(F)(F)F)c1F. The number of anilines is 1. The van der Waals surface area contributed by atoms with Crippen molar-refractivity contribution < 1.29 is 17.6 Å². The zero-order valence-corrected chi connectivity index (χ0v) is 19.0. The Morgan fingerprint density at radius 2 is 1.77 bits per heavy atom. The normalized spacial score (nSPS) is 17.3. The van der Waals surface area contributed by atoms with Crippen molar-refractivity contribution in [2.24, 2.45) is 5.41 Å². The lowest BCUT2D eigenvalue weighted by Crippen LogP contribution is -2.41. The molecule has 0 atom stereocenters. The van der Waals surface area contributed by atoms with Gasteiger partial charge >= 0.3 is 6.18 Å². The summed E-state index contributed by atoms with van der Waals surface area (Å²) in [6.07, 6.45) is 3.44. The molecule has 0 N–H and O–H groups in total. The highest BCUT2D eigenvalue weighted by Gasteiger charge is 2.41. The van der Waals surface area contributed by atoms with E-state index in [0.29, 0.717) is 17.0 Å². The quantitative estimate of drug-likeness (QED) is 0.375. The van der Waals surface area contributed by atoms with Gasteiger partial charge in [-0.2, -0.15) is 18.3 Å². The minimum absolute atomic E-state index is 0.185. The first-order chi connectivity index (χ1) is 16.8. The van der Waals surface area contributed by atoms with Crippen molar-refractivity contribution in [1.29, 1.82) is 0 Å². The molecule has 1 fully saturated rings. The summed E-state index contributed by atoms with van der Waals surface area (Å²) in [5.41, 5.74) is 2.15. The molecule has 2 aliphatic rings. The molecule has 1 aliphatic carbocycles. The summed E-state index contributed by atoms with van der Waals surface area (Å²) in [4.78, 5) is 14.7. The number of alkyl halides is 3. The number of nitrogens with zero attached hydrogens (tertiary/aromatic N) is 6. The zero-order valence-electron chi connectivity index (χ0n) is 19.0. The third-order valence-corrected chi connectivity index (χ3v) is 7.33. The maximum atomic E-state index is 14.9. The van der Waals surface area contributed by atoms with Gasteiger partial charge in [0, 0.05) is 36.7 Å². The van der Waals surface area contributed by atoms with E-state index >= 15 is 0 Å². The summed E-state index contributed by atoms with van der Waals surface area (Å²) in [5, 5.41) is 4.32. The van der Waals surface area contributed by atoms with E-state index in [-0.39, 0.29) is 16.7 Å². The largest absolute Gasteiger partial charge is 0.436 e. The number of aryl methyl sites for hydroxylation is 1. The van der Waals surface area contributed by atoms with E-state index in [4.69, 9.17) is 4.98 Å². The van der Waals surface area contributed by atoms with Gasteiger partial charge in [-0.25, -0.2) is 18.9 Å². The summed E-state index contributed by atoms with van der Waals surface area (Å²) >= 11 is 0. The minimum atomic E-state index is -4.90. The third-order valence-electron chi connectivity index (χ3n) is 7.33. The van der Waals surface area contributed by atoms with Crippen molar-refractivity contribution >= 4 is 11.3 Å². The van der Waals surface area contributed by atoms with Crippen LogP contribution in [0.2, 0.25) is 0 Å². The van der Waals surface area contributed by atoms with Gasteiger partial charge in [-0.05, 0) is 61.8 Å². The van der Waals surface area contributed by atoms with Crippen molar-refractivity contribution in [3.8, 4) is 11.3 Å². The molecule has 180 valence electrons. The molecule has 0 aromatic carbocycles. The molecule has 5 heterocycles. The van der Waals surface area contributed by atoms with Gasteiger partial charge in [-0.1, -0.05) is 6.07 Å². The highest BCUT2D eigenvalue weighted by atomic mass is 19.4. The third kappa shape index (κ3) is 3.54. The summed E-state index contributed by atoms with van der Waals surface area (Å²) in [7, 11) is 0. The summed E-state index contributed by atoms with van der Waals surface area (Å²) in [6, 6.07) is 7.13. The summed E-state index contributed by atoms with van der Waals surface area (Å²) in [5.74, 6) is -0.721. The predicted molar refractivity (Wildman–Crippen MR) is 121 cm³/mol. The van der Waals surface area contributed by atoms with E-state index in [1.807, 2.05) is 12.3 Å². The first kappa shape index (κ1) is 21.9. The molecule has 0 bridgehead atoms. The van der Waals surface area contributed by atoms with Gasteiger partial charge in [0.25, 0.3) is 0 Å². The summed E-state index contributed by atoms with van der Waals surface area (Å²) < 4.78 is 56.2. The Morgan fingerprint density at radius 3 is 2.51 bits per heavy atom. The molecular formula is C25H22F4N6. The van der Waals surface area contributed by atoms with Crippen LogP contribution in [0.1, 0.15) is 35.5 Å². The van der Waals surface area contributed by atoms with Crippen molar-refractivity contribution in [2.45, 2.75) is 38.8 Å². The molecular weight excluding hydrogens is 460 g/mol. The fourth-order valence-electron chi connectivity index (χ4n) is 5.60. The Balaban J connectivity index is 1.34. The monoisotopic (exact) mass is 482 g/mol. The van der Waals surface area contributed by atoms with Crippen molar-refractivity contribution in [3.63, 3.8) is 0 Å². The average molecular weight is 482 g/mol. The van der Waals surface area contributed by atoms with Gasteiger partial charge in [0.1, 0.15) is 5.52 Å². The first-order valence-corrected chi connectivity index (χ1v) is 11.5. The molecule has 4 aromatic rings. The molecule has 10 heteroatoms. The lowest BCUT2D eigenvalue weighted by atomic mass is 9.76. The number of fused-ring (bicyclic) bond motifs is 2. The van der Waals surface area contributed by atoms with E-state index in [1.165, 1.54) is 21.8 Å². The number of piperidine rings is 1. The fraction of sp³-hybridized carbons (Fsp3) is 0.360. The number of aromatic nitrogens is 5. The number of rotatable bonds is 2. The van der Waals surface area contributed by atoms with Crippen LogP contribution in [0.5, 0.6) is 0 Å². The molecule has 6 rings (SSSR count). The number of pyridine rings is 2. The minimum Gasteiger partial charge on any atom is -0.355 e. The van der Waals surface area contributed by atoms with Crippen LogP contribution in [-0.4, -0.2) is 37.7 Å². The zero-order chi connectivity index (χ0) is 24.4. The predicted octanol–water partition coefficient (Wildman–Crippen LogP) is 5.04. The number of halogens is 4. The molecule has 4 aromatic heterocycles. The molecule has 1 aliphatic heterocycles. The molecule has 1 saturated heterocycles. The Labute approximate surface area is 198 Å². The van der Waals surface area contributed by atoms with E-state index in [1.54, 1.807) is 19.2 Å². The van der Waals surface area contributed by atoms with Crippen LogP contribution in [-0.2, 0) is 19.0 Å². The van der Waals surface area contributed by atoms with E-state index in [0.717, 1.165) is 45.0 Å². The Kier molecular flexibility index (Phi) is 4.84. The van der Waals surface area contributed by atoms with Crippen molar-refractivity contribution in [1.82, 2.24) is 24.6 Å². The second kappa shape index (κ2) is 7.73. The van der Waals surface area contributed by atoms with Gasteiger partial charge in [0.2, 0.25) is 0 Å². The summed E-state index contributed by atoms with van der Waals surface area (Å²) in [6.45, 7) is 3.25.